The quantitative estimate of drug-likeness (QED) is 0.789. The maximum absolute atomic E-state index is 6.27. The van der Waals surface area contributed by atoms with Gasteiger partial charge in [0.1, 0.15) is 0 Å². The van der Waals surface area contributed by atoms with Crippen molar-refractivity contribution in [3.63, 3.8) is 0 Å². The lowest BCUT2D eigenvalue weighted by Gasteiger charge is -2.28. The van der Waals surface area contributed by atoms with Crippen LogP contribution in [-0.2, 0) is 0 Å². The first kappa shape index (κ1) is 17.8. The summed E-state index contributed by atoms with van der Waals surface area (Å²) in [5.74, 6) is 0.689. The summed E-state index contributed by atoms with van der Waals surface area (Å²) in [5, 5.41) is 4.84. The van der Waals surface area contributed by atoms with Crippen molar-refractivity contribution in [1.82, 2.24) is 10.2 Å². The molecule has 4 heteroatoms. The molecule has 114 valence electrons. The van der Waals surface area contributed by atoms with Crippen molar-refractivity contribution >= 4 is 23.2 Å². The van der Waals surface area contributed by atoms with Crippen LogP contribution in [0.15, 0.2) is 18.2 Å². The maximum Gasteiger partial charge on any atom is 0.0639 e. The molecule has 20 heavy (non-hydrogen) atoms. The van der Waals surface area contributed by atoms with Gasteiger partial charge in [-0.3, -0.25) is 0 Å². The predicted molar refractivity (Wildman–Crippen MR) is 89.8 cm³/mol. The molecule has 0 saturated heterocycles. The van der Waals surface area contributed by atoms with Gasteiger partial charge in [0.2, 0.25) is 0 Å². The Morgan fingerprint density at radius 2 is 1.80 bits per heavy atom. The van der Waals surface area contributed by atoms with E-state index in [1.165, 1.54) is 6.42 Å². The summed E-state index contributed by atoms with van der Waals surface area (Å²) in [6.07, 6.45) is 1.18. The minimum Gasteiger partial charge on any atom is -0.309 e. The van der Waals surface area contributed by atoms with Crippen molar-refractivity contribution in [3.05, 3.63) is 33.8 Å². The van der Waals surface area contributed by atoms with Gasteiger partial charge in [0, 0.05) is 18.6 Å². The third kappa shape index (κ3) is 5.25. The van der Waals surface area contributed by atoms with Crippen molar-refractivity contribution in [2.45, 2.75) is 39.3 Å². The highest BCUT2D eigenvalue weighted by molar-refractivity contribution is 6.42. The van der Waals surface area contributed by atoms with Crippen LogP contribution in [0.5, 0.6) is 0 Å². The Balaban J connectivity index is 2.65. The van der Waals surface area contributed by atoms with Crippen LogP contribution in [0.2, 0.25) is 10.0 Å². The fourth-order valence-electron chi connectivity index (χ4n) is 2.30. The van der Waals surface area contributed by atoms with E-state index in [1.54, 1.807) is 0 Å². The van der Waals surface area contributed by atoms with Crippen LogP contribution in [0.1, 0.15) is 38.8 Å². The predicted octanol–water partition coefficient (Wildman–Crippen LogP) is 4.62. The highest BCUT2D eigenvalue weighted by Gasteiger charge is 2.16. The molecule has 1 aromatic carbocycles. The largest absolute Gasteiger partial charge is 0.309 e. The highest BCUT2D eigenvalue weighted by Crippen LogP contribution is 2.29. The number of nitrogens with zero attached hydrogens (tertiary/aromatic N) is 1. The Bertz CT molecular complexity index is 419. The van der Waals surface area contributed by atoms with Crippen molar-refractivity contribution in [2.75, 3.05) is 20.6 Å². The summed E-state index contributed by atoms with van der Waals surface area (Å²) < 4.78 is 0. The first-order chi connectivity index (χ1) is 9.32. The molecule has 0 spiro atoms. The molecule has 0 aliphatic rings. The Labute approximate surface area is 133 Å². The maximum atomic E-state index is 6.27. The summed E-state index contributed by atoms with van der Waals surface area (Å²) >= 11 is 12.3. The first-order valence-corrected chi connectivity index (χ1v) is 7.92. The van der Waals surface area contributed by atoms with Crippen LogP contribution < -0.4 is 5.32 Å². The summed E-state index contributed by atoms with van der Waals surface area (Å²) in [7, 11) is 4.26. The summed E-state index contributed by atoms with van der Waals surface area (Å²) in [4.78, 5) is 2.28. The standard InChI is InChI=1S/C16H26Cl2N2/c1-11(2)9-13(20(4)5)10-19-12(3)14-7-6-8-15(17)16(14)18/h6-8,11-13,19H,9-10H2,1-5H3. The van der Waals surface area contributed by atoms with E-state index in [0.29, 0.717) is 22.0 Å². The summed E-state index contributed by atoms with van der Waals surface area (Å²) in [5.41, 5.74) is 1.06. The van der Waals surface area contributed by atoms with Crippen LogP contribution in [0.25, 0.3) is 0 Å². The van der Waals surface area contributed by atoms with Gasteiger partial charge in [-0.15, -0.1) is 0 Å². The van der Waals surface area contributed by atoms with Crippen molar-refractivity contribution < 1.29 is 0 Å². The molecular formula is C16H26Cl2N2. The van der Waals surface area contributed by atoms with Crippen LogP contribution in [0.3, 0.4) is 0 Å². The summed E-state index contributed by atoms with van der Waals surface area (Å²) in [6, 6.07) is 6.51. The highest BCUT2D eigenvalue weighted by atomic mass is 35.5. The number of halogens is 2. The second kappa shape index (κ2) is 8.23. The Morgan fingerprint density at radius 3 is 2.35 bits per heavy atom. The van der Waals surface area contributed by atoms with Crippen LogP contribution >= 0.6 is 23.2 Å². The van der Waals surface area contributed by atoms with Gasteiger partial charge in [0.25, 0.3) is 0 Å². The smallest absolute Gasteiger partial charge is 0.0639 e. The van der Waals surface area contributed by atoms with E-state index in [2.05, 4.69) is 45.1 Å². The molecule has 0 aromatic heterocycles. The molecule has 1 N–H and O–H groups in total. The third-order valence-electron chi connectivity index (χ3n) is 3.58. The lowest BCUT2D eigenvalue weighted by molar-refractivity contribution is 0.242. The van der Waals surface area contributed by atoms with Crippen molar-refractivity contribution in [1.29, 1.82) is 0 Å². The summed E-state index contributed by atoms with van der Waals surface area (Å²) in [6.45, 7) is 7.58. The normalized spacial score (nSPS) is 14.8. The van der Waals surface area contributed by atoms with E-state index in [4.69, 9.17) is 23.2 Å². The molecular weight excluding hydrogens is 291 g/mol. The zero-order valence-electron chi connectivity index (χ0n) is 13.1. The molecule has 2 unspecified atom stereocenters. The van der Waals surface area contributed by atoms with Gasteiger partial charge in [-0.2, -0.15) is 0 Å². The van der Waals surface area contributed by atoms with Crippen molar-refractivity contribution in [3.8, 4) is 0 Å². The van der Waals surface area contributed by atoms with Gasteiger partial charge in [0.15, 0.2) is 0 Å². The zero-order chi connectivity index (χ0) is 15.3. The second-order valence-corrected chi connectivity index (χ2v) is 6.81. The lowest BCUT2D eigenvalue weighted by Crippen LogP contribution is -2.39. The Hall–Kier alpha value is -0.280. The molecule has 0 heterocycles. The molecule has 0 bridgehead atoms. The van der Waals surface area contributed by atoms with E-state index in [-0.39, 0.29) is 6.04 Å². The minimum absolute atomic E-state index is 0.191. The topological polar surface area (TPSA) is 15.3 Å². The van der Waals surface area contributed by atoms with Gasteiger partial charge < -0.3 is 10.2 Å². The molecule has 0 aliphatic carbocycles. The fraction of sp³-hybridized carbons (Fsp3) is 0.625. The second-order valence-electron chi connectivity index (χ2n) is 6.02. The molecule has 0 amide bonds. The number of likely N-dealkylation sites (N-methyl/N-ethyl adjacent to an activating group) is 1. The van der Waals surface area contributed by atoms with Gasteiger partial charge >= 0.3 is 0 Å². The molecule has 0 fully saturated rings. The minimum atomic E-state index is 0.191. The van der Waals surface area contributed by atoms with Gasteiger partial charge in [-0.25, -0.2) is 0 Å². The average molecular weight is 317 g/mol. The SMILES string of the molecule is CC(C)CC(CNC(C)c1cccc(Cl)c1Cl)N(C)C. The molecule has 0 radical (unpaired) electrons. The zero-order valence-corrected chi connectivity index (χ0v) is 14.6. The molecule has 1 aromatic rings. The number of hydrogen-bond acceptors (Lipinski definition) is 2. The molecule has 2 atom stereocenters. The van der Waals surface area contributed by atoms with Gasteiger partial charge in [0.05, 0.1) is 10.0 Å². The van der Waals surface area contributed by atoms with Gasteiger partial charge in [-0.1, -0.05) is 49.2 Å². The first-order valence-electron chi connectivity index (χ1n) is 7.16. The Morgan fingerprint density at radius 1 is 1.15 bits per heavy atom. The molecule has 2 nitrogen and oxygen atoms in total. The molecule has 0 aliphatic heterocycles. The van der Waals surface area contributed by atoms with E-state index in [1.807, 2.05) is 18.2 Å². The van der Waals surface area contributed by atoms with E-state index < -0.39 is 0 Å². The van der Waals surface area contributed by atoms with E-state index in [0.717, 1.165) is 12.1 Å². The Kier molecular flexibility index (Phi) is 7.32. The van der Waals surface area contributed by atoms with Crippen LogP contribution in [0, 0.1) is 5.92 Å². The van der Waals surface area contributed by atoms with Gasteiger partial charge in [-0.05, 0) is 45.0 Å². The van der Waals surface area contributed by atoms with E-state index >= 15 is 0 Å². The molecule has 0 saturated carbocycles. The monoisotopic (exact) mass is 316 g/mol. The number of rotatable bonds is 7. The van der Waals surface area contributed by atoms with E-state index in [9.17, 15) is 0 Å². The van der Waals surface area contributed by atoms with Crippen LogP contribution in [-0.4, -0.2) is 31.6 Å². The van der Waals surface area contributed by atoms with Crippen LogP contribution in [0.4, 0.5) is 0 Å². The van der Waals surface area contributed by atoms with Crippen molar-refractivity contribution in [2.24, 2.45) is 5.92 Å². The number of benzene rings is 1. The number of hydrogen-bond donors (Lipinski definition) is 1. The number of nitrogens with one attached hydrogen (secondary N) is 1. The fourth-order valence-corrected chi connectivity index (χ4v) is 2.77. The molecule has 1 rings (SSSR count). The third-order valence-corrected chi connectivity index (χ3v) is 4.41. The lowest BCUT2D eigenvalue weighted by atomic mass is 10.0. The average Bonchev–Trinajstić information content (AvgIpc) is 2.36.